The minimum atomic E-state index is 0.0341. The fraction of sp³-hybridized carbons (Fsp3) is 0.556. The molecule has 14 heavy (non-hydrogen) atoms. The van der Waals surface area contributed by atoms with Crippen LogP contribution in [0.3, 0.4) is 0 Å². The lowest BCUT2D eigenvalue weighted by Crippen LogP contribution is -2.23. The van der Waals surface area contributed by atoms with Gasteiger partial charge in [0.05, 0.1) is 12.2 Å². The van der Waals surface area contributed by atoms with Gasteiger partial charge in [-0.05, 0) is 12.5 Å². The highest BCUT2D eigenvalue weighted by Crippen LogP contribution is 1.96. The molecule has 0 unspecified atom stereocenters. The molecule has 0 saturated carbocycles. The maximum atomic E-state index is 11.2. The second kappa shape index (κ2) is 5.65. The van der Waals surface area contributed by atoms with Crippen LogP contribution in [0.5, 0.6) is 0 Å². The van der Waals surface area contributed by atoms with Crippen LogP contribution in [0.25, 0.3) is 0 Å². The molecule has 0 aromatic carbocycles. The van der Waals surface area contributed by atoms with Gasteiger partial charge in [-0.3, -0.25) is 9.48 Å². The van der Waals surface area contributed by atoms with Crippen LogP contribution in [0.15, 0.2) is 12.3 Å². The fourth-order valence-electron chi connectivity index (χ4n) is 1.08. The third kappa shape index (κ3) is 3.38. The Morgan fingerprint density at radius 3 is 3.07 bits per heavy atom. The van der Waals surface area contributed by atoms with E-state index in [0.29, 0.717) is 18.8 Å². The van der Waals surface area contributed by atoms with Gasteiger partial charge in [0.15, 0.2) is 0 Å². The van der Waals surface area contributed by atoms with E-state index in [1.54, 1.807) is 10.9 Å². The van der Waals surface area contributed by atoms with Gasteiger partial charge in [-0.25, -0.2) is 0 Å². The number of carbonyl (C=O) groups excluding carboxylic acids is 1. The molecule has 0 aliphatic heterocycles. The lowest BCUT2D eigenvalue weighted by molar-refractivity contribution is -0.121. The first kappa shape index (κ1) is 11.0. The van der Waals surface area contributed by atoms with Crippen molar-refractivity contribution < 1.29 is 4.79 Å². The summed E-state index contributed by atoms with van der Waals surface area (Å²) in [5.74, 6) is 0.561. The molecular formula is C9H14ClN3O. The van der Waals surface area contributed by atoms with Crippen molar-refractivity contribution in [1.29, 1.82) is 0 Å². The molecule has 4 nitrogen and oxygen atoms in total. The number of halogens is 1. The smallest absolute Gasteiger partial charge is 0.220 e. The molecule has 0 atom stereocenters. The Labute approximate surface area is 88.2 Å². The number of rotatable bonds is 5. The van der Waals surface area contributed by atoms with E-state index in [1.807, 2.05) is 13.1 Å². The second-order valence-electron chi connectivity index (χ2n) is 3.02. The molecule has 0 saturated heterocycles. The van der Waals surface area contributed by atoms with Crippen molar-refractivity contribution in [3.05, 3.63) is 18.0 Å². The molecule has 5 heteroatoms. The van der Waals surface area contributed by atoms with Crippen LogP contribution in [0, 0.1) is 0 Å². The second-order valence-corrected chi connectivity index (χ2v) is 3.39. The summed E-state index contributed by atoms with van der Waals surface area (Å²) in [5, 5.41) is 6.80. The number of carbonyl (C=O) groups is 1. The van der Waals surface area contributed by atoms with Gasteiger partial charge in [-0.15, -0.1) is 11.6 Å². The molecular weight excluding hydrogens is 202 g/mol. The first-order valence-electron chi connectivity index (χ1n) is 4.53. The van der Waals surface area contributed by atoms with Gasteiger partial charge >= 0.3 is 0 Å². The Morgan fingerprint density at radius 2 is 2.50 bits per heavy atom. The zero-order valence-corrected chi connectivity index (χ0v) is 8.92. The highest BCUT2D eigenvalue weighted by Gasteiger charge is 2.02. The summed E-state index contributed by atoms with van der Waals surface area (Å²) in [6.07, 6.45) is 2.92. The molecule has 0 aliphatic rings. The molecule has 1 N–H and O–H groups in total. The third-order valence-electron chi connectivity index (χ3n) is 1.93. The zero-order chi connectivity index (χ0) is 10.4. The Hall–Kier alpha value is -1.03. The number of hydrogen-bond acceptors (Lipinski definition) is 2. The molecule has 1 aromatic heterocycles. The van der Waals surface area contributed by atoms with Crippen molar-refractivity contribution in [1.82, 2.24) is 15.1 Å². The lowest BCUT2D eigenvalue weighted by Gasteiger charge is -2.04. The SMILES string of the molecule is Cn1nccc1CNC(=O)CCCCl. The van der Waals surface area contributed by atoms with E-state index < -0.39 is 0 Å². The molecule has 1 heterocycles. The largest absolute Gasteiger partial charge is 0.350 e. The molecule has 1 rings (SSSR count). The van der Waals surface area contributed by atoms with Crippen LogP contribution in [0.2, 0.25) is 0 Å². The number of alkyl halides is 1. The topological polar surface area (TPSA) is 46.9 Å². The zero-order valence-electron chi connectivity index (χ0n) is 8.16. The molecule has 1 aromatic rings. The van der Waals surface area contributed by atoms with Crippen molar-refractivity contribution in [3.8, 4) is 0 Å². The highest BCUT2D eigenvalue weighted by atomic mass is 35.5. The van der Waals surface area contributed by atoms with Crippen LogP contribution in [0.1, 0.15) is 18.5 Å². The Balaban J connectivity index is 2.27. The summed E-state index contributed by atoms with van der Waals surface area (Å²) in [5.41, 5.74) is 0.990. The Morgan fingerprint density at radius 1 is 1.71 bits per heavy atom. The maximum absolute atomic E-state index is 11.2. The Kier molecular flexibility index (Phi) is 4.46. The number of nitrogens with one attached hydrogen (secondary N) is 1. The van der Waals surface area contributed by atoms with E-state index in [9.17, 15) is 4.79 Å². The number of hydrogen-bond donors (Lipinski definition) is 1. The van der Waals surface area contributed by atoms with Gasteiger partial charge in [-0.2, -0.15) is 5.10 Å². The van der Waals surface area contributed by atoms with Crippen molar-refractivity contribution in [2.75, 3.05) is 5.88 Å². The van der Waals surface area contributed by atoms with Crippen LogP contribution in [-0.4, -0.2) is 21.6 Å². The average Bonchev–Trinajstić information content (AvgIpc) is 2.58. The number of nitrogens with zero attached hydrogens (tertiary/aromatic N) is 2. The maximum Gasteiger partial charge on any atom is 0.220 e. The van der Waals surface area contributed by atoms with Gasteiger partial charge in [0.25, 0.3) is 0 Å². The van der Waals surface area contributed by atoms with E-state index in [-0.39, 0.29) is 5.91 Å². The van der Waals surface area contributed by atoms with Crippen molar-refractivity contribution in [2.24, 2.45) is 7.05 Å². The van der Waals surface area contributed by atoms with Gasteiger partial charge in [0.2, 0.25) is 5.91 Å². The summed E-state index contributed by atoms with van der Waals surface area (Å²) in [6, 6.07) is 1.88. The van der Waals surface area contributed by atoms with Gasteiger partial charge in [-0.1, -0.05) is 0 Å². The first-order chi connectivity index (χ1) is 6.74. The summed E-state index contributed by atoms with van der Waals surface area (Å²) in [4.78, 5) is 11.2. The quantitative estimate of drug-likeness (QED) is 0.747. The predicted molar refractivity (Wildman–Crippen MR) is 55.0 cm³/mol. The summed E-state index contributed by atoms with van der Waals surface area (Å²) < 4.78 is 1.74. The van der Waals surface area contributed by atoms with Crippen LogP contribution in [0.4, 0.5) is 0 Å². The minimum Gasteiger partial charge on any atom is -0.350 e. The Bertz CT molecular complexity index is 298. The molecule has 0 fully saturated rings. The molecule has 0 spiro atoms. The number of amides is 1. The number of aryl methyl sites for hydroxylation is 1. The summed E-state index contributed by atoms with van der Waals surface area (Å²) >= 11 is 5.48. The van der Waals surface area contributed by atoms with Gasteiger partial charge in [0.1, 0.15) is 0 Å². The summed E-state index contributed by atoms with van der Waals surface area (Å²) in [6.45, 7) is 0.525. The van der Waals surface area contributed by atoms with Crippen LogP contribution < -0.4 is 5.32 Å². The van der Waals surface area contributed by atoms with Crippen LogP contribution >= 0.6 is 11.6 Å². The molecule has 78 valence electrons. The molecule has 0 aliphatic carbocycles. The van der Waals surface area contributed by atoms with Crippen molar-refractivity contribution in [3.63, 3.8) is 0 Å². The average molecular weight is 216 g/mol. The lowest BCUT2D eigenvalue weighted by atomic mass is 10.3. The number of aromatic nitrogens is 2. The molecule has 0 radical (unpaired) electrons. The minimum absolute atomic E-state index is 0.0341. The van der Waals surface area contributed by atoms with Gasteiger partial charge < -0.3 is 5.32 Å². The standard InChI is InChI=1S/C9H14ClN3O/c1-13-8(4-6-12-13)7-11-9(14)3-2-5-10/h4,6H,2-3,5,7H2,1H3,(H,11,14). The van der Waals surface area contributed by atoms with E-state index in [4.69, 9.17) is 11.6 Å². The van der Waals surface area contributed by atoms with Crippen molar-refractivity contribution in [2.45, 2.75) is 19.4 Å². The van der Waals surface area contributed by atoms with Crippen molar-refractivity contribution >= 4 is 17.5 Å². The predicted octanol–water partition coefficient (Wildman–Crippen LogP) is 1.06. The van der Waals surface area contributed by atoms with E-state index in [2.05, 4.69) is 10.4 Å². The fourth-order valence-corrected chi connectivity index (χ4v) is 1.21. The molecule has 0 bridgehead atoms. The highest BCUT2D eigenvalue weighted by molar-refractivity contribution is 6.17. The molecule has 1 amide bonds. The van der Waals surface area contributed by atoms with Gasteiger partial charge in [0, 0.05) is 25.5 Å². The third-order valence-corrected chi connectivity index (χ3v) is 2.19. The summed E-state index contributed by atoms with van der Waals surface area (Å²) in [7, 11) is 1.85. The normalized spacial score (nSPS) is 10.1. The van der Waals surface area contributed by atoms with E-state index >= 15 is 0 Å². The monoisotopic (exact) mass is 215 g/mol. The van der Waals surface area contributed by atoms with Crippen LogP contribution in [-0.2, 0) is 18.4 Å². The first-order valence-corrected chi connectivity index (χ1v) is 5.07. The van der Waals surface area contributed by atoms with E-state index in [0.717, 1.165) is 12.1 Å². The van der Waals surface area contributed by atoms with E-state index in [1.165, 1.54) is 0 Å².